The number of thioether (sulfide) groups is 1. The van der Waals surface area contributed by atoms with Crippen LogP contribution in [0.4, 0.5) is 0 Å². The topological polar surface area (TPSA) is 12.0 Å². The molecule has 0 bridgehead atoms. The fraction of sp³-hybridized carbons (Fsp3) is 1.00. The van der Waals surface area contributed by atoms with E-state index in [0.29, 0.717) is 0 Å². The van der Waals surface area contributed by atoms with Crippen molar-refractivity contribution in [1.82, 2.24) is 5.32 Å². The highest BCUT2D eigenvalue weighted by atomic mass is 32.2. The van der Waals surface area contributed by atoms with Crippen molar-refractivity contribution in [2.75, 3.05) is 12.3 Å². The number of nitrogens with one attached hydrogen (secondary N) is 1. The van der Waals surface area contributed by atoms with Gasteiger partial charge in [-0.15, -0.1) is 0 Å². The van der Waals surface area contributed by atoms with E-state index in [4.69, 9.17) is 0 Å². The van der Waals surface area contributed by atoms with Crippen LogP contribution in [0, 0.1) is 5.92 Å². The number of rotatable bonds is 9. The molecule has 1 aliphatic rings. The highest BCUT2D eigenvalue weighted by Gasteiger charge is 2.17. The van der Waals surface area contributed by atoms with Gasteiger partial charge >= 0.3 is 0 Å². The minimum absolute atomic E-state index is 0.750. The van der Waals surface area contributed by atoms with Crippen molar-refractivity contribution in [2.24, 2.45) is 5.92 Å². The molecule has 1 rings (SSSR count). The minimum atomic E-state index is 0.750. The van der Waals surface area contributed by atoms with Gasteiger partial charge in [-0.05, 0) is 31.7 Å². The van der Waals surface area contributed by atoms with Gasteiger partial charge in [0.15, 0.2) is 0 Å². The molecule has 1 fully saturated rings. The summed E-state index contributed by atoms with van der Waals surface area (Å²) in [4.78, 5) is 0. The van der Waals surface area contributed by atoms with Crippen molar-refractivity contribution in [3.63, 3.8) is 0 Å². The van der Waals surface area contributed by atoms with E-state index in [2.05, 4.69) is 37.8 Å². The van der Waals surface area contributed by atoms with Crippen molar-refractivity contribution in [1.29, 1.82) is 0 Å². The molecule has 17 heavy (non-hydrogen) atoms. The van der Waals surface area contributed by atoms with E-state index in [9.17, 15) is 0 Å². The van der Waals surface area contributed by atoms with Gasteiger partial charge in [-0.25, -0.2) is 0 Å². The Morgan fingerprint density at radius 2 is 1.94 bits per heavy atom. The number of hydrogen-bond acceptors (Lipinski definition) is 2. The zero-order valence-corrected chi connectivity index (χ0v) is 12.8. The molecule has 0 aromatic rings. The Kier molecular flexibility index (Phi) is 8.38. The molecule has 102 valence electrons. The molecular weight excluding hydrogens is 226 g/mol. The molecule has 1 saturated carbocycles. The maximum absolute atomic E-state index is 3.67. The minimum Gasteiger partial charge on any atom is -0.313 e. The summed E-state index contributed by atoms with van der Waals surface area (Å²) < 4.78 is 0. The molecule has 0 saturated heterocycles. The van der Waals surface area contributed by atoms with Gasteiger partial charge < -0.3 is 5.32 Å². The van der Waals surface area contributed by atoms with Crippen LogP contribution >= 0.6 is 11.8 Å². The van der Waals surface area contributed by atoms with Crippen LogP contribution in [-0.4, -0.2) is 23.6 Å². The van der Waals surface area contributed by atoms with Gasteiger partial charge in [0.05, 0.1) is 0 Å². The van der Waals surface area contributed by atoms with Gasteiger partial charge in [0.2, 0.25) is 0 Å². The summed E-state index contributed by atoms with van der Waals surface area (Å²) in [6, 6.07) is 0.750. The summed E-state index contributed by atoms with van der Waals surface area (Å²) in [5, 5.41) is 4.49. The van der Waals surface area contributed by atoms with E-state index in [1.54, 1.807) is 0 Å². The zero-order valence-electron chi connectivity index (χ0n) is 12.0. The largest absolute Gasteiger partial charge is 0.313 e. The summed E-state index contributed by atoms with van der Waals surface area (Å²) in [5.41, 5.74) is 0. The second-order valence-electron chi connectivity index (χ2n) is 5.53. The van der Waals surface area contributed by atoms with Crippen molar-refractivity contribution < 1.29 is 0 Å². The van der Waals surface area contributed by atoms with Crippen LogP contribution in [0.1, 0.15) is 65.7 Å². The highest BCUT2D eigenvalue weighted by molar-refractivity contribution is 7.99. The summed E-state index contributed by atoms with van der Waals surface area (Å²) in [6.07, 6.45) is 10.1. The van der Waals surface area contributed by atoms with Gasteiger partial charge in [0, 0.05) is 17.0 Å². The second kappa shape index (κ2) is 9.27. The SMILES string of the molecule is CCNC(CCC1CCCC1)CSC(C)CC. The Morgan fingerprint density at radius 1 is 1.24 bits per heavy atom. The molecule has 0 aliphatic heterocycles. The van der Waals surface area contributed by atoms with Gasteiger partial charge in [-0.3, -0.25) is 0 Å². The third-order valence-corrected chi connectivity index (χ3v) is 5.54. The first-order valence-electron chi connectivity index (χ1n) is 7.61. The Balaban J connectivity index is 2.16. The van der Waals surface area contributed by atoms with Crippen LogP contribution in [0.25, 0.3) is 0 Å². The lowest BCUT2D eigenvalue weighted by atomic mass is 9.99. The molecule has 2 heteroatoms. The normalized spacial score (nSPS) is 20.6. The monoisotopic (exact) mass is 257 g/mol. The third kappa shape index (κ3) is 6.71. The Bertz CT molecular complexity index is 178. The van der Waals surface area contributed by atoms with Gasteiger partial charge in [0.1, 0.15) is 0 Å². The van der Waals surface area contributed by atoms with Crippen LogP contribution < -0.4 is 5.32 Å². The first-order valence-corrected chi connectivity index (χ1v) is 8.66. The molecule has 0 aromatic carbocycles. The lowest BCUT2D eigenvalue weighted by Gasteiger charge is -2.21. The molecule has 1 N–H and O–H groups in total. The van der Waals surface area contributed by atoms with Crippen LogP contribution in [0.3, 0.4) is 0 Å². The maximum atomic E-state index is 3.67. The van der Waals surface area contributed by atoms with Crippen molar-refractivity contribution >= 4 is 11.8 Å². The van der Waals surface area contributed by atoms with Crippen LogP contribution in [0.5, 0.6) is 0 Å². The Morgan fingerprint density at radius 3 is 2.53 bits per heavy atom. The maximum Gasteiger partial charge on any atom is 0.0158 e. The van der Waals surface area contributed by atoms with Gasteiger partial charge in [0.25, 0.3) is 0 Å². The summed E-state index contributed by atoms with van der Waals surface area (Å²) in [7, 11) is 0. The quantitative estimate of drug-likeness (QED) is 0.654. The lowest BCUT2D eigenvalue weighted by molar-refractivity contribution is 0.428. The summed E-state index contributed by atoms with van der Waals surface area (Å²) in [5.74, 6) is 2.35. The second-order valence-corrected chi connectivity index (χ2v) is 7.01. The molecule has 1 aliphatic carbocycles. The first kappa shape index (κ1) is 15.4. The summed E-state index contributed by atoms with van der Waals surface area (Å²) in [6.45, 7) is 8.00. The molecule has 2 unspecified atom stereocenters. The van der Waals surface area contributed by atoms with E-state index in [-0.39, 0.29) is 0 Å². The molecule has 0 radical (unpaired) electrons. The van der Waals surface area contributed by atoms with E-state index in [1.807, 2.05) is 0 Å². The molecule has 0 spiro atoms. The average Bonchev–Trinajstić information content (AvgIpc) is 2.85. The Labute approximate surface area is 113 Å². The summed E-state index contributed by atoms with van der Waals surface area (Å²) >= 11 is 2.14. The molecule has 2 atom stereocenters. The average molecular weight is 257 g/mol. The van der Waals surface area contributed by atoms with E-state index < -0.39 is 0 Å². The van der Waals surface area contributed by atoms with E-state index >= 15 is 0 Å². The third-order valence-electron chi connectivity index (χ3n) is 4.05. The van der Waals surface area contributed by atoms with E-state index in [1.165, 1.54) is 50.7 Å². The van der Waals surface area contributed by atoms with Crippen LogP contribution in [0.15, 0.2) is 0 Å². The highest BCUT2D eigenvalue weighted by Crippen LogP contribution is 2.29. The van der Waals surface area contributed by atoms with Crippen molar-refractivity contribution in [3.8, 4) is 0 Å². The predicted octanol–water partition coefficient (Wildman–Crippen LogP) is 4.47. The smallest absolute Gasteiger partial charge is 0.0158 e. The zero-order chi connectivity index (χ0) is 12.5. The van der Waals surface area contributed by atoms with E-state index in [0.717, 1.165) is 23.8 Å². The van der Waals surface area contributed by atoms with Crippen LogP contribution in [0.2, 0.25) is 0 Å². The number of hydrogen-bond donors (Lipinski definition) is 1. The first-order chi connectivity index (χ1) is 8.26. The lowest BCUT2D eigenvalue weighted by Crippen LogP contribution is -2.32. The fourth-order valence-electron chi connectivity index (χ4n) is 2.67. The van der Waals surface area contributed by atoms with Crippen molar-refractivity contribution in [3.05, 3.63) is 0 Å². The Hall–Kier alpha value is 0.310. The predicted molar refractivity (Wildman–Crippen MR) is 80.9 cm³/mol. The molecular formula is C15H31NS. The fourth-order valence-corrected chi connectivity index (χ4v) is 3.75. The standard InChI is InChI=1S/C15H31NS/c1-4-13(3)17-12-15(16-5-2)11-10-14-8-6-7-9-14/h13-16H,4-12H2,1-3H3. The van der Waals surface area contributed by atoms with Crippen molar-refractivity contribution in [2.45, 2.75) is 77.0 Å². The van der Waals surface area contributed by atoms with Gasteiger partial charge in [-0.1, -0.05) is 46.5 Å². The van der Waals surface area contributed by atoms with Crippen LogP contribution in [-0.2, 0) is 0 Å². The molecule has 1 nitrogen and oxygen atoms in total. The molecule has 0 heterocycles. The molecule has 0 amide bonds. The van der Waals surface area contributed by atoms with Gasteiger partial charge in [-0.2, -0.15) is 11.8 Å². The molecule has 0 aromatic heterocycles.